The van der Waals surface area contributed by atoms with E-state index in [-0.39, 0.29) is 11.9 Å². The van der Waals surface area contributed by atoms with Crippen LogP contribution in [0.25, 0.3) is 22.1 Å². The molecule has 0 bridgehead atoms. The molecule has 0 aliphatic carbocycles. The van der Waals surface area contributed by atoms with Crippen LogP contribution in [0.2, 0.25) is 51.4 Å². The van der Waals surface area contributed by atoms with E-state index in [0.717, 1.165) is 53.9 Å². The van der Waals surface area contributed by atoms with Gasteiger partial charge in [0.05, 0.1) is 10.8 Å². The van der Waals surface area contributed by atoms with Gasteiger partial charge in [-0.3, -0.25) is 0 Å². The summed E-state index contributed by atoms with van der Waals surface area (Å²) in [7, 11) is -5.63. The smallest absolute Gasteiger partial charge is 0.248 e. The fraction of sp³-hybridized carbons (Fsp3) is 0.583. The Morgan fingerprint density at radius 2 is 1.26 bits per heavy atom. The van der Waals surface area contributed by atoms with Crippen LogP contribution in [0.5, 0.6) is 0 Å². The van der Waals surface area contributed by atoms with E-state index in [1.54, 1.807) is 4.68 Å². The highest BCUT2D eigenvalue weighted by molar-refractivity contribution is 14.1. The van der Waals surface area contributed by atoms with E-state index in [1.807, 2.05) is 17.1 Å². The predicted molar refractivity (Wildman–Crippen MR) is 189 cm³/mol. The molecule has 232 valence electrons. The van der Waals surface area contributed by atoms with Gasteiger partial charge in [-0.05, 0) is 63.5 Å². The Morgan fingerprint density at radius 1 is 0.810 bits per heavy atom. The molecule has 4 heterocycles. The Labute approximate surface area is 280 Å². The summed E-state index contributed by atoms with van der Waals surface area (Å²) >= 11 is 5.82. The number of fused-ring (bicyclic) bond motifs is 2. The molecular weight excluding hydrogens is 838 g/mol. The van der Waals surface area contributed by atoms with E-state index in [0.29, 0.717) is 19.0 Å². The Bertz CT molecular complexity index is 1620. The highest BCUT2D eigenvalue weighted by Crippen LogP contribution is 2.21. The number of hydrogen-bond donors (Lipinski definition) is 0. The van der Waals surface area contributed by atoms with Crippen molar-refractivity contribution < 1.29 is 17.9 Å². The summed E-state index contributed by atoms with van der Waals surface area (Å²) in [6, 6.07) is 2.22. The summed E-state index contributed by atoms with van der Waals surface area (Å²) in [5, 5.41) is 11.1. The summed E-state index contributed by atoms with van der Waals surface area (Å²) in [5.41, 5.74) is 1.33. The van der Waals surface area contributed by atoms with Gasteiger partial charge in [-0.1, -0.05) is 51.0 Å². The first kappa shape index (κ1) is 35.7. The van der Waals surface area contributed by atoms with E-state index in [9.17, 15) is 8.42 Å². The first-order chi connectivity index (χ1) is 19.5. The van der Waals surface area contributed by atoms with Gasteiger partial charge in [-0.25, -0.2) is 32.7 Å². The molecule has 18 heteroatoms. The molecule has 42 heavy (non-hydrogen) atoms. The molecule has 0 aromatic carbocycles. The minimum atomic E-state index is -3.45. The first-order valence-corrected chi connectivity index (χ1v) is 25.8. The average molecular weight is 877 g/mol. The Kier molecular flexibility index (Phi) is 12.7. The van der Waals surface area contributed by atoms with Gasteiger partial charge in [0.15, 0.2) is 16.5 Å². The van der Waals surface area contributed by atoms with Gasteiger partial charge in [-0.2, -0.15) is 15.2 Å². The molecule has 0 N–H and O–H groups in total. The minimum Gasteiger partial charge on any atom is -0.359 e. The predicted octanol–water partition coefficient (Wildman–Crippen LogP) is 5.61. The van der Waals surface area contributed by atoms with E-state index >= 15 is 0 Å². The van der Waals surface area contributed by atoms with E-state index in [2.05, 4.69) is 115 Å². The third-order valence-corrected chi connectivity index (χ3v) is 12.2. The second-order valence-corrected chi connectivity index (χ2v) is 28.0. The summed E-state index contributed by atoms with van der Waals surface area (Å²) in [6.07, 6.45) is 6.38. The van der Waals surface area contributed by atoms with E-state index in [4.69, 9.17) is 9.47 Å². The monoisotopic (exact) mass is 876 g/mol. The lowest BCUT2D eigenvalue weighted by Crippen LogP contribution is -2.22. The number of ether oxygens (including phenoxy) is 2. The second-order valence-electron chi connectivity index (χ2n) is 12.0. The van der Waals surface area contributed by atoms with Gasteiger partial charge in [0.1, 0.15) is 20.9 Å². The lowest BCUT2D eigenvalue weighted by atomic mass is 10.4. The molecular formula is C24H38I2N8O4S2Si2. The molecule has 0 saturated carbocycles. The maximum Gasteiger partial charge on any atom is 0.248 e. The Hall–Kier alpha value is -0.786. The molecule has 4 rings (SSSR count). The van der Waals surface area contributed by atoms with Crippen LogP contribution in [-0.4, -0.2) is 89.8 Å². The first-order valence-electron chi connectivity index (χ1n) is 13.2. The van der Waals surface area contributed by atoms with Crippen molar-refractivity contribution >= 4 is 105 Å². The van der Waals surface area contributed by atoms with Gasteiger partial charge in [0, 0.05) is 48.0 Å². The number of rotatable bonds is 12. The SMILES string of the molecule is CSc1ncc2c(I)nn(COCC[Si](C)(C)C)c2n1.C[Si](C)(C)CCOCn1nc(I)c2cnc(S(C)(=O)=O)nc21. The van der Waals surface area contributed by atoms with Crippen molar-refractivity contribution in [2.24, 2.45) is 0 Å². The zero-order valence-electron chi connectivity index (χ0n) is 25.2. The minimum absolute atomic E-state index is 0.195. The molecule has 0 atom stereocenters. The van der Waals surface area contributed by atoms with Crippen LogP contribution in [0.3, 0.4) is 0 Å². The molecule has 4 aromatic heterocycles. The van der Waals surface area contributed by atoms with Crippen molar-refractivity contribution in [2.45, 2.75) is 75.1 Å². The van der Waals surface area contributed by atoms with Crippen molar-refractivity contribution in [3.8, 4) is 0 Å². The molecule has 4 aromatic rings. The van der Waals surface area contributed by atoms with Gasteiger partial charge >= 0.3 is 0 Å². The molecule has 12 nitrogen and oxygen atoms in total. The Morgan fingerprint density at radius 3 is 1.69 bits per heavy atom. The van der Waals surface area contributed by atoms with Gasteiger partial charge in [0.25, 0.3) is 0 Å². The largest absolute Gasteiger partial charge is 0.359 e. The highest BCUT2D eigenvalue weighted by Gasteiger charge is 2.18. The molecule has 0 radical (unpaired) electrons. The van der Waals surface area contributed by atoms with Crippen LogP contribution in [0, 0.1) is 7.40 Å². The van der Waals surface area contributed by atoms with Crippen LogP contribution in [0.15, 0.2) is 22.7 Å². The quantitative estimate of drug-likeness (QED) is 0.0577. The molecule has 0 aliphatic heterocycles. The van der Waals surface area contributed by atoms with E-state index < -0.39 is 26.0 Å². The van der Waals surface area contributed by atoms with Crippen molar-refractivity contribution in [1.29, 1.82) is 0 Å². The van der Waals surface area contributed by atoms with Crippen LogP contribution in [0.1, 0.15) is 0 Å². The number of nitrogens with zero attached hydrogens (tertiary/aromatic N) is 8. The topological polar surface area (TPSA) is 140 Å². The lowest BCUT2D eigenvalue weighted by Gasteiger charge is -2.15. The fourth-order valence-electron chi connectivity index (χ4n) is 3.33. The molecule has 0 aliphatic rings. The van der Waals surface area contributed by atoms with E-state index in [1.165, 1.54) is 18.0 Å². The van der Waals surface area contributed by atoms with Crippen molar-refractivity contribution in [1.82, 2.24) is 39.5 Å². The third kappa shape index (κ3) is 10.7. The van der Waals surface area contributed by atoms with Crippen LogP contribution >= 0.6 is 56.9 Å². The number of sulfone groups is 1. The lowest BCUT2D eigenvalue weighted by molar-refractivity contribution is 0.0809. The maximum atomic E-state index is 11.6. The van der Waals surface area contributed by atoms with Crippen molar-refractivity contribution in [2.75, 3.05) is 25.7 Å². The maximum absolute atomic E-state index is 11.6. The number of aromatic nitrogens is 8. The molecule has 0 unspecified atom stereocenters. The number of halogens is 2. The highest BCUT2D eigenvalue weighted by atomic mass is 127. The zero-order valence-corrected chi connectivity index (χ0v) is 33.1. The van der Waals surface area contributed by atoms with Crippen molar-refractivity contribution in [3.05, 3.63) is 19.8 Å². The molecule has 0 amide bonds. The Balaban J connectivity index is 0.000000231. The third-order valence-electron chi connectivity index (χ3n) is 5.78. The summed E-state index contributed by atoms with van der Waals surface area (Å²) in [5.74, 6) is 0. The van der Waals surface area contributed by atoms with Crippen molar-refractivity contribution in [3.63, 3.8) is 0 Å². The van der Waals surface area contributed by atoms with Crippen LogP contribution < -0.4 is 0 Å². The van der Waals surface area contributed by atoms with Gasteiger partial charge < -0.3 is 9.47 Å². The molecule has 0 fully saturated rings. The fourth-order valence-corrected chi connectivity index (χ4v) is 6.96. The summed E-state index contributed by atoms with van der Waals surface area (Å²) in [4.78, 5) is 16.8. The zero-order chi connectivity index (χ0) is 31.3. The summed E-state index contributed by atoms with van der Waals surface area (Å²) in [6.45, 7) is 16.1. The number of hydrogen-bond acceptors (Lipinski definition) is 11. The van der Waals surface area contributed by atoms with Gasteiger partial charge in [-0.15, -0.1) is 0 Å². The number of thioether (sulfide) groups is 1. The summed E-state index contributed by atoms with van der Waals surface area (Å²) < 4.78 is 39.6. The average Bonchev–Trinajstić information content (AvgIpc) is 3.38. The standard InChI is InChI=1S/C12H19IN4O3SSi.C12H19IN4OSSi/c1-21(18,19)12-14-7-9-10(13)16-17(11(9)15-12)8-20-5-6-22(2,3)4;1-19-12-14-7-9-10(13)16-17(11(9)15-12)8-18-5-6-20(2,3)4/h7H,5-6,8H2,1-4H3;7H,5-6,8H2,1-4H3. The normalized spacial score (nSPS) is 12.6. The van der Waals surface area contributed by atoms with Crippen LogP contribution in [-0.2, 0) is 32.8 Å². The second kappa shape index (κ2) is 15.0. The molecule has 0 spiro atoms. The van der Waals surface area contributed by atoms with Gasteiger partial charge in [0.2, 0.25) is 15.0 Å². The molecule has 0 saturated heterocycles. The van der Waals surface area contributed by atoms with Crippen LogP contribution in [0.4, 0.5) is 0 Å².